The van der Waals surface area contributed by atoms with Crippen molar-refractivity contribution >= 4 is 17.3 Å². The van der Waals surface area contributed by atoms with Gasteiger partial charge in [0.25, 0.3) is 0 Å². The van der Waals surface area contributed by atoms with Gasteiger partial charge in [0, 0.05) is 12.6 Å². The number of benzene rings is 1. The Kier molecular flexibility index (Phi) is 4.85. The van der Waals surface area contributed by atoms with Crippen LogP contribution in [0.15, 0.2) is 18.2 Å². The normalized spacial score (nSPS) is 9.62. The van der Waals surface area contributed by atoms with Crippen LogP contribution in [0.4, 0.5) is 0 Å². The fourth-order valence-electron chi connectivity index (χ4n) is 1.34. The standard InChI is InChI=1S/C11H16N2O2S/c1-14-9-5-8(3-4-13-11(12)16)6-10(7-9)15-2/h5-7H,3-4H2,1-2H3,(H3,12,13,16). The second-order valence-corrected chi connectivity index (χ2v) is 3.70. The maximum atomic E-state index is 5.34. The summed E-state index contributed by atoms with van der Waals surface area (Å²) in [5.74, 6) is 1.56. The van der Waals surface area contributed by atoms with Crippen LogP contribution < -0.4 is 20.5 Å². The summed E-state index contributed by atoms with van der Waals surface area (Å²) >= 11 is 4.73. The zero-order chi connectivity index (χ0) is 12.0. The third kappa shape index (κ3) is 3.94. The molecule has 4 nitrogen and oxygen atoms in total. The van der Waals surface area contributed by atoms with Crippen LogP contribution >= 0.6 is 12.2 Å². The molecule has 5 heteroatoms. The number of rotatable bonds is 5. The third-order valence-electron chi connectivity index (χ3n) is 2.12. The summed E-state index contributed by atoms with van der Waals surface area (Å²) in [5, 5.41) is 3.21. The van der Waals surface area contributed by atoms with Crippen molar-refractivity contribution in [1.29, 1.82) is 0 Å². The SMILES string of the molecule is COc1cc(CCNC(N)=S)cc(OC)c1. The second kappa shape index (κ2) is 6.17. The van der Waals surface area contributed by atoms with Crippen LogP contribution in [0.25, 0.3) is 0 Å². The molecule has 0 saturated heterocycles. The first-order chi connectivity index (χ1) is 7.65. The van der Waals surface area contributed by atoms with Gasteiger partial charge < -0.3 is 20.5 Å². The third-order valence-corrected chi connectivity index (χ3v) is 2.27. The zero-order valence-corrected chi connectivity index (χ0v) is 10.3. The van der Waals surface area contributed by atoms with Gasteiger partial charge in [-0.1, -0.05) is 0 Å². The van der Waals surface area contributed by atoms with Gasteiger partial charge in [0.1, 0.15) is 11.5 Å². The molecule has 1 aromatic carbocycles. The minimum atomic E-state index is 0.315. The molecule has 0 bridgehead atoms. The molecule has 1 aromatic rings. The molecule has 0 heterocycles. The molecular weight excluding hydrogens is 224 g/mol. The van der Waals surface area contributed by atoms with Gasteiger partial charge in [0.2, 0.25) is 0 Å². The quantitative estimate of drug-likeness (QED) is 0.754. The van der Waals surface area contributed by atoms with Crippen LogP contribution in [0.3, 0.4) is 0 Å². The van der Waals surface area contributed by atoms with Gasteiger partial charge in [-0.25, -0.2) is 0 Å². The Bertz CT molecular complexity index is 347. The lowest BCUT2D eigenvalue weighted by molar-refractivity contribution is 0.393. The van der Waals surface area contributed by atoms with Gasteiger partial charge in [-0.05, 0) is 36.3 Å². The van der Waals surface area contributed by atoms with E-state index in [1.54, 1.807) is 14.2 Å². The summed E-state index contributed by atoms with van der Waals surface area (Å²) in [6, 6.07) is 5.76. The zero-order valence-electron chi connectivity index (χ0n) is 9.45. The number of ether oxygens (including phenoxy) is 2. The van der Waals surface area contributed by atoms with Gasteiger partial charge in [0.15, 0.2) is 5.11 Å². The highest BCUT2D eigenvalue weighted by atomic mass is 32.1. The number of hydrogen-bond acceptors (Lipinski definition) is 3. The van der Waals surface area contributed by atoms with E-state index in [2.05, 4.69) is 5.32 Å². The van der Waals surface area contributed by atoms with E-state index in [0.717, 1.165) is 23.5 Å². The lowest BCUT2D eigenvalue weighted by Gasteiger charge is -2.09. The first-order valence-electron chi connectivity index (χ1n) is 4.91. The van der Waals surface area contributed by atoms with E-state index in [1.807, 2.05) is 18.2 Å². The lowest BCUT2D eigenvalue weighted by Crippen LogP contribution is -2.30. The molecular formula is C11H16N2O2S. The number of hydrogen-bond donors (Lipinski definition) is 2. The van der Waals surface area contributed by atoms with Gasteiger partial charge in [-0.15, -0.1) is 0 Å². The molecule has 0 fully saturated rings. The molecule has 88 valence electrons. The first-order valence-corrected chi connectivity index (χ1v) is 5.31. The average Bonchev–Trinajstić information content (AvgIpc) is 2.28. The molecule has 1 rings (SSSR count). The molecule has 0 saturated carbocycles. The number of thiocarbonyl (C=S) groups is 1. The van der Waals surface area contributed by atoms with Crippen LogP contribution in [0, 0.1) is 0 Å². The van der Waals surface area contributed by atoms with E-state index in [0.29, 0.717) is 11.7 Å². The lowest BCUT2D eigenvalue weighted by atomic mass is 10.1. The van der Waals surface area contributed by atoms with Crippen LogP contribution in [-0.2, 0) is 6.42 Å². The molecule has 0 spiro atoms. The summed E-state index contributed by atoms with van der Waals surface area (Å²) in [5.41, 5.74) is 6.45. The Balaban J connectivity index is 2.67. The van der Waals surface area contributed by atoms with E-state index >= 15 is 0 Å². The average molecular weight is 240 g/mol. The Morgan fingerprint density at radius 1 is 1.25 bits per heavy atom. The van der Waals surface area contributed by atoms with E-state index in [4.69, 9.17) is 27.4 Å². The monoisotopic (exact) mass is 240 g/mol. The molecule has 0 amide bonds. The topological polar surface area (TPSA) is 56.5 Å². The summed E-state index contributed by atoms with van der Waals surface area (Å²) in [6.45, 7) is 0.700. The maximum absolute atomic E-state index is 5.34. The number of nitrogens with one attached hydrogen (secondary N) is 1. The number of nitrogens with two attached hydrogens (primary N) is 1. The van der Waals surface area contributed by atoms with Crippen molar-refractivity contribution in [3.05, 3.63) is 23.8 Å². The van der Waals surface area contributed by atoms with Gasteiger partial charge in [0.05, 0.1) is 14.2 Å². The van der Waals surface area contributed by atoms with Crippen molar-refractivity contribution in [1.82, 2.24) is 5.32 Å². The highest BCUT2D eigenvalue weighted by Gasteiger charge is 2.01. The van der Waals surface area contributed by atoms with Crippen molar-refractivity contribution in [2.45, 2.75) is 6.42 Å². The second-order valence-electron chi connectivity index (χ2n) is 3.26. The van der Waals surface area contributed by atoms with Gasteiger partial charge in [-0.2, -0.15) is 0 Å². The minimum Gasteiger partial charge on any atom is -0.497 e. The molecule has 0 aliphatic carbocycles. The summed E-state index contributed by atoms with van der Waals surface area (Å²) in [6.07, 6.45) is 0.810. The Hall–Kier alpha value is -1.49. The highest BCUT2D eigenvalue weighted by Crippen LogP contribution is 2.22. The molecule has 16 heavy (non-hydrogen) atoms. The fourth-order valence-corrected chi connectivity index (χ4v) is 1.44. The van der Waals surface area contributed by atoms with E-state index < -0.39 is 0 Å². The van der Waals surface area contributed by atoms with Crippen molar-refractivity contribution in [3.63, 3.8) is 0 Å². The largest absolute Gasteiger partial charge is 0.497 e. The predicted octanol–water partition coefficient (Wildman–Crippen LogP) is 1.08. The highest BCUT2D eigenvalue weighted by molar-refractivity contribution is 7.80. The van der Waals surface area contributed by atoms with Crippen molar-refractivity contribution in [2.75, 3.05) is 20.8 Å². The summed E-state index contributed by atoms with van der Waals surface area (Å²) in [4.78, 5) is 0. The minimum absolute atomic E-state index is 0.315. The van der Waals surface area contributed by atoms with Gasteiger partial charge >= 0.3 is 0 Å². The van der Waals surface area contributed by atoms with Crippen LogP contribution in [-0.4, -0.2) is 25.9 Å². The van der Waals surface area contributed by atoms with Crippen LogP contribution in [0.1, 0.15) is 5.56 Å². The maximum Gasteiger partial charge on any atom is 0.163 e. The van der Waals surface area contributed by atoms with E-state index in [1.165, 1.54) is 0 Å². The van der Waals surface area contributed by atoms with Crippen LogP contribution in [0.2, 0.25) is 0 Å². The molecule has 0 aliphatic rings. The summed E-state index contributed by atoms with van der Waals surface area (Å²) in [7, 11) is 3.26. The Morgan fingerprint density at radius 2 is 1.81 bits per heavy atom. The molecule has 0 atom stereocenters. The number of methoxy groups -OCH3 is 2. The molecule has 0 radical (unpaired) electrons. The van der Waals surface area contributed by atoms with Crippen molar-refractivity contribution in [2.24, 2.45) is 5.73 Å². The van der Waals surface area contributed by atoms with E-state index in [-0.39, 0.29) is 0 Å². The fraction of sp³-hybridized carbons (Fsp3) is 0.364. The molecule has 0 aliphatic heterocycles. The van der Waals surface area contributed by atoms with Crippen molar-refractivity contribution in [3.8, 4) is 11.5 Å². The molecule has 0 unspecified atom stereocenters. The van der Waals surface area contributed by atoms with E-state index in [9.17, 15) is 0 Å². The smallest absolute Gasteiger partial charge is 0.163 e. The summed E-state index contributed by atoms with van der Waals surface area (Å²) < 4.78 is 10.3. The molecule has 0 aromatic heterocycles. The first kappa shape index (κ1) is 12.6. The molecule has 3 N–H and O–H groups in total. The van der Waals surface area contributed by atoms with Crippen LogP contribution in [0.5, 0.6) is 11.5 Å². The predicted molar refractivity (Wildman–Crippen MR) is 68.0 cm³/mol. The Labute approximate surface area is 101 Å². The Morgan fingerprint density at radius 3 is 2.25 bits per heavy atom. The van der Waals surface area contributed by atoms with Crippen molar-refractivity contribution < 1.29 is 9.47 Å². The van der Waals surface area contributed by atoms with Gasteiger partial charge in [-0.3, -0.25) is 0 Å².